The fraction of sp³-hybridized carbons (Fsp3) is 0.273. The summed E-state index contributed by atoms with van der Waals surface area (Å²) >= 11 is 1.72. The van der Waals surface area contributed by atoms with Crippen LogP contribution in [-0.2, 0) is 6.42 Å². The Kier molecular flexibility index (Phi) is 5.99. The van der Waals surface area contributed by atoms with Crippen molar-refractivity contribution in [2.45, 2.75) is 12.5 Å². The van der Waals surface area contributed by atoms with Crippen LogP contribution in [0.25, 0.3) is 0 Å². The van der Waals surface area contributed by atoms with Gasteiger partial charge in [-0.05, 0) is 35.6 Å². The molecule has 1 fully saturated rings. The zero-order valence-electron chi connectivity index (χ0n) is 15.7. The summed E-state index contributed by atoms with van der Waals surface area (Å²) in [5.74, 6) is 0.809. The lowest BCUT2D eigenvalue weighted by Crippen LogP contribution is -2.46. The SMILES string of the molecule is O=C(NCCc1cccs1)c1ccnc(N2CCN[C@H](c3ccccc3)C2)c1. The molecule has 0 bridgehead atoms. The molecule has 4 rings (SSSR count). The van der Waals surface area contributed by atoms with E-state index in [1.807, 2.05) is 18.2 Å². The second kappa shape index (κ2) is 8.99. The largest absolute Gasteiger partial charge is 0.353 e. The average Bonchev–Trinajstić information content (AvgIpc) is 3.28. The maximum Gasteiger partial charge on any atom is 0.251 e. The number of benzene rings is 1. The maximum atomic E-state index is 12.5. The molecular formula is C22H24N4OS. The minimum absolute atomic E-state index is 0.0463. The van der Waals surface area contributed by atoms with Crippen LogP contribution in [0.1, 0.15) is 26.8 Å². The molecule has 1 amide bonds. The van der Waals surface area contributed by atoms with Crippen molar-refractivity contribution < 1.29 is 4.79 Å². The highest BCUT2D eigenvalue weighted by molar-refractivity contribution is 7.09. The van der Waals surface area contributed by atoms with E-state index in [-0.39, 0.29) is 11.9 Å². The van der Waals surface area contributed by atoms with Gasteiger partial charge in [0.15, 0.2) is 0 Å². The molecule has 2 aromatic heterocycles. The number of piperazine rings is 1. The van der Waals surface area contributed by atoms with Crippen LogP contribution < -0.4 is 15.5 Å². The van der Waals surface area contributed by atoms with E-state index >= 15 is 0 Å². The van der Waals surface area contributed by atoms with E-state index in [0.717, 1.165) is 31.9 Å². The van der Waals surface area contributed by atoms with Crippen molar-refractivity contribution in [1.29, 1.82) is 0 Å². The number of nitrogens with one attached hydrogen (secondary N) is 2. The quantitative estimate of drug-likeness (QED) is 0.676. The molecule has 0 radical (unpaired) electrons. The number of hydrogen-bond acceptors (Lipinski definition) is 5. The predicted octanol–water partition coefficient (Wildman–Crippen LogP) is 3.27. The van der Waals surface area contributed by atoms with E-state index in [1.165, 1.54) is 10.4 Å². The lowest BCUT2D eigenvalue weighted by molar-refractivity contribution is 0.0954. The molecule has 5 nitrogen and oxygen atoms in total. The summed E-state index contributed by atoms with van der Waals surface area (Å²) in [6.07, 6.45) is 2.58. The number of pyridine rings is 1. The van der Waals surface area contributed by atoms with Crippen LogP contribution in [0.2, 0.25) is 0 Å². The summed E-state index contributed by atoms with van der Waals surface area (Å²) in [6, 6.07) is 18.5. The molecular weight excluding hydrogens is 368 g/mol. The molecule has 0 aliphatic carbocycles. The second-order valence-corrected chi connectivity index (χ2v) is 7.88. The highest BCUT2D eigenvalue weighted by atomic mass is 32.1. The first-order valence-electron chi connectivity index (χ1n) is 9.59. The van der Waals surface area contributed by atoms with Crippen molar-refractivity contribution >= 4 is 23.1 Å². The molecule has 1 aromatic carbocycles. The fourth-order valence-electron chi connectivity index (χ4n) is 3.46. The van der Waals surface area contributed by atoms with Gasteiger partial charge in [-0.1, -0.05) is 36.4 Å². The first-order chi connectivity index (χ1) is 13.8. The van der Waals surface area contributed by atoms with Crippen LogP contribution >= 0.6 is 11.3 Å². The number of thiophene rings is 1. The third-order valence-corrected chi connectivity index (χ3v) is 5.88. The molecule has 0 saturated carbocycles. The molecule has 1 aliphatic heterocycles. The highest BCUT2D eigenvalue weighted by Gasteiger charge is 2.22. The van der Waals surface area contributed by atoms with Crippen LogP contribution in [-0.4, -0.2) is 37.1 Å². The van der Waals surface area contributed by atoms with E-state index < -0.39 is 0 Å². The topological polar surface area (TPSA) is 57.3 Å². The van der Waals surface area contributed by atoms with Gasteiger partial charge in [0.1, 0.15) is 5.82 Å². The molecule has 28 heavy (non-hydrogen) atoms. The van der Waals surface area contributed by atoms with Crippen molar-refractivity contribution in [2.24, 2.45) is 0 Å². The number of amides is 1. The van der Waals surface area contributed by atoms with E-state index in [4.69, 9.17) is 0 Å². The van der Waals surface area contributed by atoms with Gasteiger partial charge in [-0.3, -0.25) is 4.79 Å². The molecule has 0 spiro atoms. The van der Waals surface area contributed by atoms with Crippen LogP contribution in [0.5, 0.6) is 0 Å². The number of hydrogen-bond donors (Lipinski definition) is 2. The van der Waals surface area contributed by atoms with Gasteiger partial charge >= 0.3 is 0 Å². The molecule has 1 atom stereocenters. The van der Waals surface area contributed by atoms with Crippen LogP contribution in [0, 0.1) is 0 Å². The highest BCUT2D eigenvalue weighted by Crippen LogP contribution is 2.21. The Balaban J connectivity index is 1.39. The Morgan fingerprint density at radius 1 is 1.21 bits per heavy atom. The van der Waals surface area contributed by atoms with Gasteiger partial charge in [0, 0.05) is 48.9 Å². The van der Waals surface area contributed by atoms with Crippen LogP contribution in [0.15, 0.2) is 66.2 Å². The standard InChI is InChI=1S/C22H24N4OS/c27-22(25-11-9-19-7-4-14-28-19)18-8-10-24-21(15-18)26-13-12-23-20(16-26)17-5-2-1-3-6-17/h1-8,10,14-15,20,23H,9,11-13,16H2,(H,25,27)/t20-/m0/s1. The zero-order chi connectivity index (χ0) is 19.2. The van der Waals surface area contributed by atoms with Gasteiger partial charge in [-0.2, -0.15) is 0 Å². The minimum Gasteiger partial charge on any atom is -0.353 e. The van der Waals surface area contributed by atoms with E-state index in [2.05, 4.69) is 56.2 Å². The van der Waals surface area contributed by atoms with Gasteiger partial charge in [0.05, 0.1) is 0 Å². The molecule has 3 aromatic rings. The van der Waals surface area contributed by atoms with Crippen molar-refractivity contribution in [1.82, 2.24) is 15.6 Å². The van der Waals surface area contributed by atoms with Crippen molar-refractivity contribution in [3.05, 3.63) is 82.2 Å². The number of rotatable bonds is 6. The van der Waals surface area contributed by atoms with Crippen LogP contribution in [0.4, 0.5) is 5.82 Å². The van der Waals surface area contributed by atoms with Crippen molar-refractivity contribution in [2.75, 3.05) is 31.1 Å². The Morgan fingerprint density at radius 2 is 2.11 bits per heavy atom. The third-order valence-electron chi connectivity index (χ3n) is 4.95. The average molecular weight is 393 g/mol. The van der Waals surface area contributed by atoms with Crippen molar-refractivity contribution in [3.63, 3.8) is 0 Å². The number of anilines is 1. The Bertz CT molecular complexity index is 898. The minimum atomic E-state index is -0.0463. The fourth-order valence-corrected chi connectivity index (χ4v) is 4.16. The molecule has 6 heteroatoms. The first kappa shape index (κ1) is 18.7. The summed E-state index contributed by atoms with van der Waals surface area (Å²) in [6.45, 7) is 3.24. The monoisotopic (exact) mass is 392 g/mol. The molecule has 1 saturated heterocycles. The van der Waals surface area contributed by atoms with Crippen LogP contribution in [0.3, 0.4) is 0 Å². The summed E-state index contributed by atoms with van der Waals surface area (Å²) < 4.78 is 0. The predicted molar refractivity (Wildman–Crippen MR) is 114 cm³/mol. The summed E-state index contributed by atoms with van der Waals surface area (Å²) in [4.78, 5) is 20.6. The van der Waals surface area contributed by atoms with E-state index in [0.29, 0.717) is 12.1 Å². The van der Waals surface area contributed by atoms with Gasteiger partial charge in [-0.25, -0.2) is 4.98 Å². The molecule has 0 unspecified atom stereocenters. The third kappa shape index (κ3) is 4.58. The second-order valence-electron chi connectivity index (χ2n) is 6.85. The Labute approximate surface area is 169 Å². The Hall–Kier alpha value is -2.70. The lowest BCUT2D eigenvalue weighted by Gasteiger charge is -2.34. The molecule has 2 N–H and O–H groups in total. The Morgan fingerprint density at radius 3 is 2.93 bits per heavy atom. The van der Waals surface area contributed by atoms with E-state index in [9.17, 15) is 4.79 Å². The van der Waals surface area contributed by atoms with Gasteiger partial charge in [0.2, 0.25) is 0 Å². The van der Waals surface area contributed by atoms with E-state index in [1.54, 1.807) is 23.6 Å². The first-order valence-corrected chi connectivity index (χ1v) is 10.5. The number of aromatic nitrogens is 1. The molecule has 1 aliphatic rings. The molecule has 144 valence electrons. The zero-order valence-corrected chi connectivity index (χ0v) is 16.5. The van der Waals surface area contributed by atoms with Gasteiger partial charge in [-0.15, -0.1) is 11.3 Å². The lowest BCUT2D eigenvalue weighted by atomic mass is 10.0. The maximum absolute atomic E-state index is 12.5. The van der Waals surface area contributed by atoms with Crippen molar-refractivity contribution in [3.8, 4) is 0 Å². The molecule has 3 heterocycles. The number of carbonyl (C=O) groups excluding carboxylic acids is 1. The van der Waals surface area contributed by atoms with Gasteiger partial charge < -0.3 is 15.5 Å². The summed E-state index contributed by atoms with van der Waals surface area (Å²) in [5, 5.41) is 8.64. The number of carbonyl (C=O) groups is 1. The summed E-state index contributed by atoms with van der Waals surface area (Å²) in [7, 11) is 0. The smallest absolute Gasteiger partial charge is 0.251 e. The number of nitrogens with zero attached hydrogens (tertiary/aromatic N) is 2. The van der Waals surface area contributed by atoms with Gasteiger partial charge in [0.25, 0.3) is 5.91 Å². The normalized spacial score (nSPS) is 16.7. The summed E-state index contributed by atoms with van der Waals surface area (Å²) in [5.41, 5.74) is 1.93.